The lowest BCUT2D eigenvalue weighted by Gasteiger charge is -2.37. The van der Waals surface area contributed by atoms with Crippen LogP contribution >= 0.6 is 0 Å². The van der Waals surface area contributed by atoms with E-state index in [4.69, 9.17) is 9.84 Å². The minimum Gasteiger partial charge on any atom is -0.394 e. The summed E-state index contributed by atoms with van der Waals surface area (Å²) in [6.45, 7) is 5.99. The summed E-state index contributed by atoms with van der Waals surface area (Å²) in [6, 6.07) is 0.331. The number of hydrogen-bond donors (Lipinski definition) is 2. The van der Waals surface area contributed by atoms with Gasteiger partial charge in [0.1, 0.15) is 0 Å². The van der Waals surface area contributed by atoms with Gasteiger partial charge < -0.3 is 14.9 Å². The maximum absolute atomic E-state index is 9.28. The third-order valence-electron chi connectivity index (χ3n) is 2.39. The molecular weight excluding hydrogens is 170 g/mol. The fraction of sp³-hybridized carbons (Fsp3) is 1.00. The molecule has 3 unspecified atom stereocenters. The highest BCUT2D eigenvalue weighted by Gasteiger charge is 2.24. The fourth-order valence-corrected chi connectivity index (χ4v) is 1.55. The minimum atomic E-state index is -0.632. The van der Waals surface area contributed by atoms with Crippen LogP contribution in [0.25, 0.3) is 0 Å². The van der Waals surface area contributed by atoms with E-state index in [0.29, 0.717) is 19.2 Å². The van der Waals surface area contributed by atoms with Gasteiger partial charge in [0, 0.05) is 19.1 Å². The topological polar surface area (TPSA) is 52.9 Å². The molecule has 0 bridgehead atoms. The van der Waals surface area contributed by atoms with Crippen LogP contribution < -0.4 is 0 Å². The van der Waals surface area contributed by atoms with Crippen molar-refractivity contribution < 1.29 is 14.9 Å². The van der Waals surface area contributed by atoms with E-state index in [1.165, 1.54) is 0 Å². The summed E-state index contributed by atoms with van der Waals surface area (Å²) in [4.78, 5) is 2.15. The number of hydrogen-bond acceptors (Lipinski definition) is 4. The first-order valence-electron chi connectivity index (χ1n) is 4.78. The van der Waals surface area contributed by atoms with Gasteiger partial charge in [0.05, 0.1) is 25.4 Å². The number of aliphatic hydroxyl groups excluding tert-OH is 2. The molecule has 1 heterocycles. The average molecular weight is 189 g/mol. The summed E-state index contributed by atoms with van der Waals surface area (Å²) in [5, 5.41) is 18.0. The molecule has 2 N–H and O–H groups in total. The van der Waals surface area contributed by atoms with Crippen LogP contribution in [0.3, 0.4) is 0 Å². The molecule has 0 spiro atoms. The fourth-order valence-electron chi connectivity index (χ4n) is 1.55. The van der Waals surface area contributed by atoms with Crippen LogP contribution in [0.15, 0.2) is 0 Å². The predicted octanol–water partition coefficient (Wildman–Crippen LogP) is -0.551. The first-order valence-corrected chi connectivity index (χ1v) is 4.78. The third kappa shape index (κ3) is 3.23. The number of rotatable bonds is 3. The van der Waals surface area contributed by atoms with Gasteiger partial charge in [-0.3, -0.25) is 4.90 Å². The first-order chi connectivity index (χ1) is 6.13. The van der Waals surface area contributed by atoms with E-state index < -0.39 is 6.10 Å². The van der Waals surface area contributed by atoms with Crippen molar-refractivity contribution in [3.63, 3.8) is 0 Å². The highest BCUT2D eigenvalue weighted by Crippen LogP contribution is 2.11. The molecule has 0 aromatic heterocycles. The van der Waals surface area contributed by atoms with Crippen molar-refractivity contribution >= 4 is 0 Å². The number of β-amino-alcohol motifs (C(OH)–C–C–N with tert-alkyl or cyclic N) is 1. The van der Waals surface area contributed by atoms with Crippen molar-refractivity contribution in [2.75, 3.05) is 26.3 Å². The van der Waals surface area contributed by atoms with E-state index in [2.05, 4.69) is 11.8 Å². The lowest BCUT2D eigenvalue weighted by Crippen LogP contribution is -2.50. The van der Waals surface area contributed by atoms with Gasteiger partial charge in [-0.05, 0) is 13.8 Å². The maximum Gasteiger partial charge on any atom is 0.0897 e. The molecule has 0 aromatic carbocycles. The molecule has 1 aliphatic heterocycles. The Morgan fingerprint density at radius 3 is 2.85 bits per heavy atom. The molecule has 3 atom stereocenters. The number of aliphatic hydroxyl groups is 2. The molecule has 1 rings (SSSR count). The summed E-state index contributed by atoms with van der Waals surface area (Å²) in [5.74, 6) is 0. The van der Waals surface area contributed by atoms with Crippen LogP contribution in [0.2, 0.25) is 0 Å². The van der Waals surface area contributed by atoms with Gasteiger partial charge in [-0.15, -0.1) is 0 Å². The molecule has 4 heteroatoms. The van der Waals surface area contributed by atoms with Crippen molar-refractivity contribution in [2.24, 2.45) is 0 Å². The van der Waals surface area contributed by atoms with Gasteiger partial charge >= 0.3 is 0 Å². The van der Waals surface area contributed by atoms with Crippen molar-refractivity contribution in [3.05, 3.63) is 0 Å². The second-order valence-corrected chi connectivity index (χ2v) is 3.78. The Labute approximate surface area is 79.1 Å². The molecule has 1 saturated heterocycles. The molecule has 13 heavy (non-hydrogen) atoms. The van der Waals surface area contributed by atoms with Crippen LogP contribution in [0.1, 0.15) is 13.8 Å². The first kappa shape index (κ1) is 10.9. The second-order valence-electron chi connectivity index (χ2n) is 3.78. The zero-order valence-electron chi connectivity index (χ0n) is 8.31. The van der Waals surface area contributed by atoms with Crippen LogP contribution in [0.4, 0.5) is 0 Å². The summed E-state index contributed by atoms with van der Waals surface area (Å²) >= 11 is 0. The molecule has 0 saturated carbocycles. The largest absolute Gasteiger partial charge is 0.394 e. The Kier molecular flexibility index (Phi) is 4.12. The summed E-state index contributed by atoms with van der Waals surface area (Å²) in [5.41, 5.74) is 0. The Morgan fingerprint density at radius 2 is 2.23 bits per heavy atom. The normalized spacial score (nSPS) is 33.2. The Hall–Kier alpha value is -0.160. The zero-order chi connectivity index (χ0) is 9.84. The van der Waals surface area contributed by atoms with E-state index in [1.54, 1.807) is 0 Å². The van der Waals surface area contributed by atoms with E-state index in [-0.39, 0.29) is 12.7 Å². The Bertz CT molecular complexity index is 154. The summed E-state index contributed by atoms with van der Waals surface area (Å²) < 4.78 is 5.45. The van der Waals surface area contributed by atoms with Crippen molar-refractivity contribution in [1.82, 2.24) is 4.90 Å². The maximum atomic E-state index is 9.28. The molecule has 0 amide bonds. The monoisotopic (exact) mass is 189 g/mol. The number of nitrogens with zero attached hydrogens (tertiary/aromatic N) is 1. The Morgan fingerprint density at radius 1 is 1.54 bits per heavy atom. The van der Waals surface area contributed by atoms with Gasteiger partial charge in [-0.25, -0.2) is 0 Å². The molecule has 0 aromatic rings. The van der Waals surface area contributed by atoms with Crippen LogP contribution in [0.5, 0.6) is 0 Å². The zero-order valence-corrected chi connectivity index (χ0v) is 8.31. The van der Waals surface area contributed by atoms with E-state index in [1.807, 2.05) is 6.92 Å². The van der Waals surface area contributed by atoms with Gasteiger partial charge in [0.25, 0.3) is 0 Å². The molecule has 1 fully saturated rings. The van der Waals surface area contributed by atoms with Crippen molar-refractivity contribution in [1.29, 1.82) is 0 Å². The highest BCUT2D eigenvalue weighted by atomic mass is 16.5. The van der Waals surface area contributed by atoms with Crippen LogP contribution in [-0.2, 0) is 4.74 Å². The summed E-state index contributed by atoms with van der Waals surface area (Å²) in [6.07, 6.45) is -0.408. The highest BCUT2D eigenvalue weighted by molar-refractivity contribution is 4.77. The molecule has 0 aliphatic carbocycles. The minimum absolute atomic E-state index is 0.168. The van der Waals surface area contributed by atoms with Gasteiger partial charge in [0.15, 0.2) is 0 Å². The molecule has 0 radical (unpaired) electrons. The molecule has 78 valence electrons. The smallest absolute Gasteiger partial charge is 0.0897 e. The molecule has 4 nitrogen and oxygen atoms in total. The quantitative estimate of drug-likeness (QED) is 0.625. The van der Waals surface area contributed by atoms with E-state index in [9.17, 15) is 5.11 Å². The van der Waals surface area contributed by atoms with Crippen LogP contribution in [0, 0.1) is 0 Å². The third-order valence-corrected chi connectivity index (χ3v) is 2.39. The second kappa shape index (κ2) is 4.91. The average Bonchev–Trinajstić information content (AvgIpc) is 2.11. The SMILES string of the molecule is CC1CN(CC(O)CO)C(C)CO1. The van der Waals surface area contributed by atoms with E-state index in [0.717, 1.165) is 6.54 Å². The van der Waals surface area contributed by atoms with Crippen molar-refractivity contribution in [2.45, 2.75) is 32.1 Å². The number of ether oxygens (including phenoxy) is 1. The van der Waals surface area contributed by atoms with Gasteiger partial charge in [-0.1, -0.05) is 0 Å². The van der Waals surface area contributed by atoms with Crippen molar-refractivity contribution in [3.8, 4) is 0 Å². The molecular formula is C9H19NO3. The standard InChI is InChI=1S/C9H19NO3/c1-7-6-13-8(2)3-10(7)4-9(12)5-11/h7-9,11-12H,3-6H2,1-2H3. The van der Waals surface area contributed by atoms with Crippen LogP contribution in [-0.4, -0.2) is 59.7 Å². The lowest BCUT2D eigenvalue weighted by atomic mass is 10.2. The number of morpholine rings is 1. The Balaban J connectivity index is 2.37. The van der Waals surface area contributed by atoms with Gasteiger partial charge in [-0.2, -0.15) is 0 Å². The lowest BCUT2D eigenvalue weighted by molar-refractivity contribution is -0.0660. The van der Waals surface area contributed by atoms with Gasteiger partial charge in [0.2, 0.25) is 0 Å². The summed E-state index contributed by atoms with van der Waals surface area (Å²) in [7, 11) is 0. The molecule has 1 aliphatic rings. The van der Waals surface area contributed by atoms with E-state index >= 15 is 0 Å². The predicted molar refractivity (Wildman–Crippen MR) is 49.5 cm³/mol.